The van der Waals surface area contributed by atoms with E-state index in [1.807, 2.05) is 0 Å². The fourth-order valence-electron chi connectivity index (χ4n) is 1.96. The second-order valence-electron chi connectivity index (χ2n) is 4.44. The van der Waals surface area contributed by atoms with Crippen LogP contribution < -0.4 is 15.2 Å². The van der Waals surface area contributed by atoms with Crippen molar-refractivity contribution in [3.8, 4) is 28.4 Å². The number of anilines is 1. The SMILES string of the molecule is COc1cc(-c2cc(OC(F)(F)F)ccc2O)c(N)nc1C. The maximum absolute atomic E-state index is 12.3. The van der Waals surface area contributed by atoms with Gasteiger partial charge in [-0.05, 0) is 31.2 Å². The molecular weight excluding hydrogens is 301 g/mol. The number of halogens is 3. The van der Waals surface area contributed by atoms with Gasteiger partial charge in [0.1, 0.15) is 23.1 Å². The van der Waals surface area contributed by atoms with Crippen molar-refractivity contribution in [2.75, 3.05) is 12.8 Å². The van der Waals surface area contributed by atoms with Crippen LogP contribution in [0.15, 0.2) is 24.3 Å². The van der Waals surface area contributed by atoms with Gasteiger partial charge in [0.15, 0.2) is 0 Å². The molecule has 0 unspecified atom stereocenters. The predicted molar refractivity (Wildman–Crippen MR) is 73.7 cm³/mol. The molecule has 1 aromatic heterocycles. The number of rotatable bonds is 3. The number of aromatic hydroxyl groups is 1. The Morgan fingerprint density at radius 3 is 2.45 bits per heavy atom. The number of aromatic nitrogens is 1. The van der Waals surface area contributed by atoms with Gasteiger partial charge in [-0.25, -0.2) is 4.98 Å². The first-order chi connectivity index (χ1) is 10.2. The minimum atomic E-state index is -4.83. The Bertz CT molecular complexity index is 702. The zero-order valence-electron chi connectivity index (χ0n) is 11.7. The normalized spacial score (nSPS) is 11.3. The Morgan fingerprint density at radius 2 is 1.86 bits per heavy atom. The summed E-state index contributed by atoms with van der Waals surface area (Å²) in [6.07, 6.45) is -4.83. The van der Waals surface area contributed by atoms with E-state index in [-0.39, 0.29) is 22.7 Å². The highest BCUT2D eigenvalue weighted by Gasteiger charge is 2.31. The zero-order valence-corrected chi connectivity index (χ0v) is 11.7. The van der Waals surface area contributed by atoms with Crippen LogP contribution in [0.5, 0.6) is 17.2 Å². The Morgan fingerprint density at radius 1 is 1.18 bits per heavy atom. The van der Waals surface area contributed by atoms with Gasteiger partial charge in [0.2, 0.25) is 0 Å². The summed E-state index contributed by atoms with van der Waals surface area (Å²) in [7, 11) is 1.42. The molecule has 0 fully saturated rings. The quantitative estimate of drug-likeness (QED) is 0.909. The molecule has 0 spiro atoms. The maximum Gasteiger partial charge on any atom is 0.573 e. The molecule has 22 heavy (non-hydrogen) atoms. The number of hydrogen-bond donors (Lipinski definition) is 2. The van der Waals surface area contributed by atoms with E-state index < -0.39 is 12.1 Å². The standard InChI is InChI=1S/C14H13F3N2O3/c1-7-12(21-2)6-10(13(18)19-7)9-5-8(3-4-11(9)20)22-14(15,16)17/h3-6,20H,1-2H3,(H2,18,19). The highest BCUT2D eigenvalue weighted by atomic mass is 19.4. The lowest BCUT2D eigenvalue weighted by atomic mass is 10.0. The van der Waals surface area contributed by atoms with Gasteiger partial charge >= 0.3 is 6.36 Å². The summed E-state index contributed by atoms with van der Waals surface area (Å²) in [5.41, 5.74) is 6.61. The molecule has 0 atom stereocenters. The van der Waals surface area contributed by atoms with Crippen molar-refractivity contribution in [3.05, 3.63) is 30.0 Å². The number of benzene rings is 1. The van der Waals surface area contributed by atoms with Crippen LogP contribution in [0.2, 0.25) is 0 Å². The van der Waals surface area contributed by atoms with Crippen LogP contribution in [-0.2, 0) is 0 Å². The van der Waals surface area contributed by atoms with E-state index in [2.05, 4.69) is 9.72 Å². The fraction of sp³-hybridized carbons (Fsp3) is 0.214. The number of pyridine rings is 1. The molecule has 2 aromatic rings. The van der Waals surface area contributed by atoms with Crippen LogP contribution in [0.25, 0.3) is 11.1 Å². The molecule has 0 saturated heterocycles. The summed E-state index contributed by atoms with van der Waals surface area (Å²) in [6.45, 7) is 1.67. The molecule has 0 saturated carbocycles. The Balaban J connectivity index is 2.54. The lowest BCUT2D eigenvalue weighted by Gasteiger charge is -2.14. The van der Waals surface area contributed by atoms with Crippen molar-refractivity contribution in [2.24, 2.45) is 0 Å². The van der Waals surface area contributed by atoms with Crippen molar-refractivity contribution < 1.29 is 27.8 Å². The van der Waals surface area contributed by atoms with Gasteiger partial charge in [-0.15, -0.1) is 13.2 Å². The van der Waals surface area contributed by atoms with E-state index in [4.69, 9.17) is 10.5 Å². The summed E-state index contributed by atoms with van der Waals surface area (Å²) in [5.74, 6) is -0.281. The average Bonchev–Trinajstić information content (AvgIpc) is 2.40. The molecule has 0 bridgehead atoms. The molecule has 0 aliphatic heterocycles. The van der Waals surface area contributed by atoms with E-state index in [0.29, 0.717) is 11.4 Å². The summed E-state index contributed by atoms with van der Waals surface area (Å²) in [6, 6.07) is 4.61. The Labute approximate surface area is 124 Å². The number of phenols is 1. The highest BCUT2D eigenvalue weighted by molar-refractivity contribution is 5.80. The second-order valence-corrected chi connectivity index (χ2v) is 4.44. The molecule has 1 heterocycles. The first-order valence-corrected chi connectivity index (χ1v) is 6.11. The molecule has 1 aromatic carbocycles. The average molecular weight is 314 g/mol. The van der Waals surface area contributed by atoms with Gasteiger partial charge in [0.05, 0.1) is 12.8 Å². The number of phenolic OH excluding ortho intramolecular Hbond substituents is 1. The van der Waals surface area contributed by atoms with Gasteiger partial charge in [-0.2, -0.15) is 0 Å². The molecule has 2 rings (SSSR count). The topological polar surface area (TPSA) is 77.6 Å². The number of nitrogens with two attached hydrogens (primary N) is 1. The van der Waals surface area contributed by atoms with Gasteiger partial charge in [-0.1, -0.05) is 0 Å². The minimum absolute atomic E-state index is 0.0535. The van der Waals surface area contributed by atoms with E-state index >= 15 is 0 Å². The smallest absolute Gasteiger partial charge is 0.507 e. The summed E-state index contributed by atoms with van der Waals surface area (Å²) in [5, 5.41) is 9.88. The van der Waals surface area contributed by atoms with E-state index in [0.717, 1.165) is 18.2 Å². The number of nitrogen functional groups attached to an aromatic ring is 1. The second kappa shape index (κ2) is 5.63. The third kappa shape index (κ3) is 3.33. The first-order valence-electron chi connectivity index (χ1n) is 6.11. The van der Waals surface area contributed by atoms with Crippen molar-refractivity contribution >= 4 is 5.82 Å². The monoisotopic (exact) mass is 314 g/mol. The van der Waals surface area contributed by atoms with Gasteiger partial charge in [-0.3, -0.25) is 0 Å². The number of nitrogens with zero attached hydrogens (tertiary/aromatic N) is 1. The lowest BCUT2D eigenvalue weighted by molar-refractivity contribution is -0.274. The number of aryl methyl sites for hydroxylation is 1. The Kier molecular flexibility index (Phi) is 4.03. The summed E-state index contributed by atoms with van der Waals surface area (Å²) >= 11 is 0. The molecular formula is C14H13F3N2O3. The van der Waals surface area contributed by atoms with Crippen LogP contribution in [-0.4, -0.2) is 23.6 Å². The minimum Gasteiger partial charge on any atom is -0.507 e. The van der Waals surface area contributed by atoms with E-state index in [9.17, 15) is 18.3 Å². The van der Waals surface area contributed by atoms with E-state index in [1.165, 1.54) is 13.2 Å². The van der Waals surface area contributed by atoms with Crippen molar-refractivity contribution in [3.63, 3.8) is 0 Å². The predicted octanol–water partition coefficient (Wildman–Crippen LogP) is 3.25. The molecule has 118 valence electrons. The van der Waals surface area contributed by atoms with E-state index in [1.54, 1.807) is 6.92 Å². The molecule has 0 radical (unpaired) electrons. The largest absolute Gasteiger partial charge is 0.573 e. The van der Waals surface area contributed by atoms with Crippen LogP contribution in [0.4, 0.5) is 19.0 Å². The number of ether oxygens (including phenoxy) is 2. The first kappa shape index (κ1) is 15.7. The van der Waals surface area contributed by atoms with Crippen molar-refractivity contribution in [2.45, 2.75) is 13.3 Å². The summed E-state index contributed by atoms with van der Waals surface area (Å²) < 4.78 is 45.8. The van der Waals surface area contributed by atoms with Gasteiger partial charge in [0, 0.05) is 11.1 Å². The zero-order chi connectivity index (χ0) is 16.5. The molecule has 5 nitrogen and oxygen atoms in total. The van der Waals surface area contributed by atoms with Crippen molar-refractivity contribution in [1.29, 1.82) is 0 Å². The van der Waals surface area contributed by atoms with Crippen LogP contribution in [0.3, 0.4) is 0 Å². The van der Waals surface area contributed by atoms with Crippen LogP contribution in [0, 0.1) is 6.92 Å². The summed E-state index contributed by atoms with van der Waals surface area (Å²) in [4.78, 5) is 4.04. The number of hydrogen-bond acceptors (Lipinski definition) is 5. The van der Waals surface area contributed by atoms with Crippen molar-refractivity contribution in [1.82, 2.24) is 4.98 Å². The number of alkyl halides is 3. The molecule has 0 amide bonds. The van der Waals surface area contributed by atoms with Gasteiger partial charge in [0.25, 0.3) is 0 Å². The Hall–Kier alpha value is -2.64. The molecule has 0 aliphatic carbocycles. The van der Waals surface area contributed by atoms with Crippen LogP contribution >= 0.6 is 0 Å². The maximum atomic E-state index is 12.3. The fourth-order valence-corrected chi connectivity index (χ4v) is 1.96. The van der Waals surface area contributed by atoms with Gasteiger partial charge < -0.3 is 20.3 Å². The third-order valence-corrected chi connectivity index (χ3v) is 2.91. The molecule has 0 aliphatic rings. The highest BCUT2D eigenvalue weighted by Crippen LogP contribution is 2.38. The van der Waals surface area contributed by atoms with Crippen LogP contribution in [0.1, 0.15) is 5.69 Å². The molecule has 8 heteroatoms. The molecule has 3 N–H and O–H groups in total. The lowest BCUT2D eigenvalue weighted by Crippen LogP contribution is -2.17. The third-order valence-electron chi connectivity index (χ3n) is 2.91. The number of methoxy groups -OCH3 is 1.